The molecule has 3 heterocycles. The van der Waals surface area contributed by atoms with E-state index in [9.17, 15) is 26.4 Å². The summed E-state index contributed by atoms with van der Waals surface area (Å²) in [5.41, 5.74) is 3.11. The van der Waals surface area contributed by atoms with Crippen LogP contribution in [-0.4, -0.2) is 36.4 Å². The second-order valence-electron chi connectivity index (χ2n) is 9.17. The maximum atomic E-state index is 13.3. The molecular weight excluding hydrogens is 447 g/mol. The highest BCUT2D eigenvalue weighted by atomic mass is 32.2. The number of nitrogens with two attached hydrogens (primary N) is 1. The number of aromatic nitrogens is 2. The Kier molecular flexibility index (Phi) is 5.65. The summed E-state index contributed by atoms with van der Waals surface area (Å²) in [6, 6.07) is 4.41. The molecule has 0 bridgehead atoms. The van der Waals surface area contributed by atoms with Gasteiger partial charge in [-0.2, -0.15) is 21.6 Å². The van der Waals surface area contributed by atoms with Crippen LogP contribution in [0.25, 0.3) is 0 Å². The number of carbonyl (C=O) groups is 1. The van der Waals surface area contributed by atoms with Gasteiger partial charge in [-0.25, -0.2) is 14.7 Å². The topological polar surface area (TPSA) is 118 Å². The van der Waals surface area contributed by atoms with E-state index in [1.807, 2.05) is 27.7 Å². The fourth-order valence-corrected chi connectivity index (χ4v) is 5.07. The molecule has 0 unspecified atom stereocenters. The minimum atomic E-state index is -4.77. The van der Waals surface area contributed by atoms with Crippen LogP contribution in [0.5, 0.6) is 0 Å². The third-order valence-corrected chi connectivity index (χ3v) is 6.40. The van der Waals surface area contributed by atoms with Crippen molar-refractivity contribution in [1.29, 1.82) is 0 Å². The number of alkyl halides is 3. The molecule has 8 nitrogen and oxygen atoms in total. The maximum absolute atomic E-state index is 13.3. The molecule has 0 atom stereocenters. The van der Waals surface area contributed by atoms with Gasteiger partial charge >= 0.3 is 6.18 Å². The van der Waals surface area contributed by atoms with Gasteiger partial charge in [0.05, 0.1) is 11.1 Å². The van der Waals surface area contributed by atoms with E-state index in [-0.39, 0.29) is 17.1 Å². The van der Waals surface area contributed by atoms with Crippen molar-refractivity contribution in [2.24, 2.45) is 5.41 Å². The molecule has 0 spiro atoms. The van der Waals surface area contributed by atoms with Crippen LogP contribution in [0.3, 0.4) is 0 Å². The molecule has 2 aromatic heterocycles. The van der Waals surface area contributed by atoms with Crippen LogP contribution in [-0.2, 0) is 16.2 Å². The van der Waals surface area contributed by atoms with E-state index in [1.165, 1.54) is 12.1 Å². The number of anilines is 2. The third-order valence-electron chi connectivity index (χ3n) is 5.17. The van der Waals surface area contributed by atoms with Crippen molar-refractivity contribution in [3.8, 4) is 0 Å². The number of pyridine rings is 2. The van der Waals surface area contributed by atoms with E-state index < -0.39 is 43.8 Å². The zero-order valence-electron chi connectivity index (χ0n) is 18.0. The van der Waals surface area contributed by atoms with Crippen molar-refractivity contribution in [2.75, 3.05) is 17.2 Å². The summed E-state index contributed by atoms with van der Waals surface area (Å²) in [4.78, 5) is 22.3. The summed E-state index contributed by atoms with van der Waals surface area (Å²) in [7, 11) is -4.49. The van der Waals surface area contributed by atoms with E-state index >= 15 is 0 Å². The monoisotopic (exact) mass is 471 g/mol. The Labute approximate surface area is 184 Å². The number of nitrogens with one attached hydrogen (secondary N) is 1. The smallest absolute Gasteiger partial charge is 0.384 e. The molecule has 1 saturated heterocycles. The predicted molar refractivity (Wildman–Crippen MR) is 112 cm³/mol. The first kappa shape index (κ1) is 23.8. The molecule has 1 aliphatic rings. The molecule has 0 aliphatic carbocycles. The second kappa shape index (κ2) is 7.61. The van der Waals surface area contributed by atoms with Crippen molar-refractivity contribution >= 4 is 27.6 Å². The summed E-state index contributed by atoms with van der Waals surface area (Å²) in [6.07, 6.45) is -3.44. The van der Waals surface area contributed by atoms with Gasteiger partial charge in [0.1, 0.15) is 11.6 Å². The fraction of sp³-hybridized carbons (Fsp3) is 0.450. The Bertz CT molecular complexity index is 1160. The molecule has 0 radical (unpaired) electrons. The number of amides is 1. The summed E-state index contributed by atoms with van der Waals surface area (Å²) in [5.74, 6) is -1.37. The van der Waals surface area contributed by atoms with Gasteiger partial charge in [-0.1, -0.05) is 19.9 Å². The first-order valence-corrected chi connectivity index (χ1v) is 11.1. The summed E-state index contributed by atoms with van der Waals surface area (Å²) < 4.78 is 67.0. The van der Waals surface area contributed by atoms with Gasteiger partial charge in [0.25, 0.3) is 15.9 Å². The molecule has 0 saturated carbocycles. The van der Waals surface area contributed by atoms with Crippen molar-refractivity contribution in [1.82, 2.24) is 14.7 Å². The van der Waals surface area contributed by atoms with Crippen LogP contribution in [0.2, 0.25) is 0 Å². The van der Waals surface area contributed by atoms with Crippen LogP contribution >= 0.6 is 0 Å². The van der Waals surface area contributed by atoms with Crippen molar-refractivity contribution in [3.05, 3.63) is 41.6 Å². The normalized spacial score (nSPS) is 17.9. The molecule has 2 aromatic rings. The first-order chi connectivity index (χ1) is 14.5. The number of hydrogen-bond donors (Lipinski definition) is 2. The molecule has 1 amide bonds. The summed E-state index contributed by atoms with van der Waals surface area (Å²) in [5, 5.41) is -0.532. The zero-order valence-corrected chi connectivity index (χ0v) is 18.8. The molecule has 12 heteroatoms. The highest BCUT2D eigenvalue weighted by molar-refractivity contribution is 7.90. The molecular formula is C20H24F3N5O3S. The number of nitrogen functional groups attached to an aromatic ring is 1. The number of hydrogen-bond acceptors (Lipinski definition) is 7. The highest BCUT2D eigenvalue weighted by Crippen LogP contribution is 2.44. The minimum absolute atomic E-state index is 0.0261. The summed E-state index contributed by atoms with van der Waals surface area (Å²) in [6.45, 7) is 8.18. The van der Waals surface area contributed by atoms with Crippen molar-refractivity contribution < 1.29 is 26.4 Å². The van der Waals surface area contributed by atoms with E-state index in [0.717, 1.165) is 6.07 Å². The van der Waals surface area contributed by atoms with Gasteiger partial charge in [0, 0.05) is 18.3 Å². The lowest BCUT2D eigenvalue weighted by Crippen LogP contribution is -2.41. The Morgan fingerprint density at radius 3 is 2.41 bits per heavy atom. The fourth-order valence-electron chi connectivity index (χ4n) is 4.13. The quantitative estimate of drug-likeness (QED) is 0.703. The molecule has 1 aliphatic heterocycles. The van der Waals surface area contributed by atoms with Crippen molar-refractivity contribution in [3.63, 3.8) is 0 Å². The number of carbonyl (C=O) groups excluding carboxylic acids is 1. The lowest BCUT2D eigenvalue weighted by Gasteiger charge is -2.33. The van der Waals surface area contributed by atoms with Crippen LogP contribution in [0.15, 0.2) is 35.5 Å². The number of rotatable bonds is 4. The standard InChI is InChI=1S/C20H24F3N5O3S/c1-18(2)10-19(3,4)28(11-18)16-13(8-12(9-25-16)20(21,22)23)17(29)27-32(30,31)15-7-5-6-14(24)26-15/h5-9H,10-11H2,1-4H3,(H2,24,26)(H,27,29). The molecule has 1 fully saturated rings. The number of sulfonamides is 1. The lowest BCUT2D eigenvalue weighted by molar-refractivity contribution is -0.137. The van der Waals surface area contributed by atoms with E-state index in [4.69, 9.17) is 5.73 Å². The van der Waals surface area contributed by atoms with E-state index in [0.29, 0.717) is 25.2 Å². The highest BCUT2D eigenvalue weighted by Gasteiger charge is 2.45. The number of nitrogens with zero attached hydrogens (tertiary/aromatic N) is 3. The van der Waals surface area contributed by atoms with Crippen LogP contribution < -0.4 is 15.4 Å². The molecule has 174 valence electrons. The Hall–Kier alpha value is -2.89. The van der Waals surface area contributed by atoms with Gasteiger partial charge in [0.2, 0.25) is 0 Å². The maximum Gasteiger partial charge on any atom is 0.417 e. The molecule has 32 heavy (non-hydrogen) atoms. The van der Waals surface area contributed by atoms with Crippen LogP contribution in [0, 0.1) is 5.41 Å². The SMILES string of the molecule is CC1(C)CN(c2ncc(C(F)(F)F)cc2C(=O)NS(=O)(=O)c2cccc(N)n2)C(C)(C)C1. The van der Waals surface area contributed by atoms with Gasteiger partial charge in [-0.15, -0.1) is 0 Å². The van der Waals surface area contributed by atoms with E-state index in [1.54, 1.807) is 9.62 Å². The second-order valence-corrected chi connectivity index (χ2v) is 10.8. The van der Waals surface area contributed by atoms with Crippen LogP contribution in [0.4, 0.5) is 24.8 Å². The number of halogens is 3. The average molecular weight is 472 g/mol. The Balaban J connectivity index is 2.08. The average Bonchev–Trinajstić information content (AvgIpc) is 2.87. The predicted octanol–water partition coefficient (Wildman–Crippen LogP) is 3.21. The van der Waals surface area contributed by atoms with Gasteiger partial charge in [0.15, 0.2) is 5.03 Å². The molecule has 0 aromatic carbocycles. The Morgan fingerprint density at radius 2 is 1.88 bits per heavy atom. The van der Waals surface area contributed by atoms with Gasteiger partial charge in [-0.05, 0) is 43.9 Å². The Morgan fingerprint density at radius 1 is 1.22 bits per heavy atom. The summed E-state index contributed by atoms with van der Waals surface area (Å²) >= 11 is 0. The lowest BCUT2D eigenvalue weighted by atomic mass is 9.86. The minimum Gasteiger partial charge on any atom is -0.384 e. The third kappa shape index (κ3) is 4.79. The van der Waals surface area contributed by atoms with Gasteiger partial charge in [-0.3, -0.25) is 4.79 Å². The first-order valence-electron chi connectivity index (χ1n) is 9.66. The zero-order chi connectivity index (χ0) is 24.1. The van der Waals surface area contributed by atoms with Crippen molar-refractivity contribution in [2.45, 2.75) is 50.9 Å². The largest absolute Gasteiger partial charge is 0.417 e. The van der Waals surface area contributed by atoms with Crippen LogP contribution in [0.1, 0.15) is 50.0 Å². The molecule has 3 rings (SSSR count). The van der Waals surface area contributed by atoms with E-state index in [2.05, 4.69) is 9.97 Å². The van der Waals surface area contributed by atoms with Gasteiger partial charge < -0.3 is 10.6 Å². The molecule has 3 N–H and O–H groups in total.